The van der Waals surface area contributed by atoms with Crippen molar-refractivity contribution in [3.05, 3.63) is 45.3 Å². The SMILES string of the molecule is COc1ccc(S(=O)(=O)Nc2cc(Br)ccc2Br)cc1N1CCNCC1.Cl. The third kappa shape index (κ3) is 5.29. The van der Waals surface area contributed by atoms with Crippen LogP contribution < -0.4 is 19.7 Å². The lowest BCUT2D eigenvalue weighted by molar-refractivity contribution is 0.412. The molecule has 0 bridgehead atoms. The van der Waals surface area contributed by atoms with E-state index in [1.807, 2.05) is 6.07 Å². The van der Waals surface area contributed by atoms with Gasteiger partial charge in [-0.2, -0.15) is 0 Å². The molecular formula is C17H20Br2ClN3O3S. The number of hydrogen-bond donors (Lipinski definition) is 2. The summed E-state index contributed by atoms with van der Waals surface area (Å²) in [7, 11) is -2.15. The van der Waals surface area contributed by atoms with Crippen LogP contribution in [0.4, 0.5) is 11.4 Å². The van der Waals surface area contributed by atoms with Crippen molar-refractivity contribution in [2.75, 3.05) is 42.9 Å². The van der Waals surface area contributed by atoms with Crippen molar-refractivity contribution in [1.29, 1.82) is 0 Å². The zero-order valence-electron chi connectivity index (χ0n) is 14.5. The van der Waals surface area contributed by atoms with Crippen molar-refractivity contribution in [2.45, 2.75) is 4.90 Å². The van der Waals surface area contributed by atoms with Crippen LogP contribution in [0.5, 0.6) is 5.75 Å². The van der Waals surface area contributed by atoms with Crippen LogP contribution in [0, 0.1) is 0 Å². The number of nitrogens with zero attached hydrogens (tertiary/aromatic N) is 1. The number of hydrogen-bond acceptors (Lipinski definition) is 5. The van der Waals surface area contributed by atoms with Crippen molar-refractivity contribution in [2.24, 2.45) is 0 Å². The summed E-state index contributed by atoms with van der Waals surface area (Å²) in [5.41, 5.74) is 1.25. The first-order valence-electron chi connectivity index (χ1n) is 8.02. The number of ether oxygens (including phenoxy) is 1. The molecule has 0 atom stereocenters. The first-order valence-corrected chi connectivity index (χ1v) is 11.1. The molecule has 148 valence electrons. The first-order chi connectivity index (χ1) is 12.4. The van der Waals surface area contributed by atoms with Crippen molar-refractivity contribution in [3.8, 4) is 5.75 Å². The molecule has 1 aliphatic heterocycles. The van der Waals surface area contributed by atoms with Gasteiger partial charge in [-0.15, -0.1) is 12.4 Å². The van der Waals surface area contributed by atoms with E-state index >= 15 is 0 Å². The Bertz CT molecular complexity index is 906. The summed E-state index contributed by atoms with van der Waals surface area (Å²) in [6.45, 7) is 3.29. The number of sulfonamides is 1. The average molecular weight is 542 g/mol. The Morgan fingerprint density at radius 2 is 1.81 bits per heavy atom. The maximum absolute atomic E-state index is 12.9. The fourth-order valence-corrected chi connectivity index (χ4v) is 4.70. The van der Waals surface area contributed by atoms with Gasteiger partial charge in [-0.05, 0) is 52.3 Å². The van der Waals surface area contributed by atoms with Crippen molar-refractivity contribution < 1.29 is 13.2 Å². The van der Waals surface area contributed by atoms with Gasteiger partial charge >= 0.3 is 0 Å². The summed E-state index contributed by atoms with van der Waals surface area (Å²) >= 11 is 6.73. The number of halogens is 3. The third-order valence-electron chi connectivity index (χ3n) is 4.09. The molecular weight excluding hydrogens is 522 g/mol. The van der Waals surface area contributed by atoms with E-state index in [0.29, 0.717) is 15.9 Å². The van der Waals surface area contributed by atoms with Gasteiger partial charge in [0.25, 0.3) is 10.0 Å². The molecule has 2 aromatic carbocycles. The third-order valence-corrected chi connectivity index (χ3v) is 6.64. The Kier molecular flexibility index (Phi) is 7.82. The zero-order chi connectivity index (χ0) is 18.7. The second-order valence-corrected chi connectivity index (χ2v) is 9.25. The Morgan fingerprint density at radius 3 is 2.48 bits per heavy atom. The van der Waals surface area contributed by atoms with E-state index in [1.165, 1.54) is 0 Å². The number of methoxy groups -OCH3 is 1. The molecule has 10 heteroatoms. The maximum atomic E-state index is 12.9. The molecule has 0 aliphatic carbocycles. The van der Waals surface area contributed by atoms with Crippen molar-refractivity contribution in [3.63, 3.8) is 0 Å². The van der Waals surface area contributed by atoms with E-state index in [1.54, 1.807) is 37.4 Å². The summed E-state index contributed by atoms with van der Waals surface area (Å²) in [5, 5.41) is 3.29. The van der Waals surface area contributed by atoms with Gasteiger partial charge in [0.2, 0.25) is 0 Å². The van der Waals surface area contributed by atoms with Gasteiger partial charge in [0.1, 0.15) is 5.75 Å². The van der Waals surface area contributed by atoms with Gasteiger partial charge < -0.3 is 15.0 Å². The molecule has 0 amide bonds. The number of piperazine rings is 1. The molecule has 6 nitrogen and oxygen atoms in total. The van der Waals surface area contributed by atoms with E-state index in [4.69, 9.17) is 4.74 Å². The minimum Gasteiger partial charge on any atom is -0.495 e. The van der Waals surface area contributed by atoms with E-state index < -0.39 is 10.0 Å². The predicted molar refractivity (Wildman–Crippen MR) is 118 cm³/mol. The Balaban J connectivity index is 0.00000261. The van der Waals surface area contributed by atoms with Gasteiger partial charge in [0.05, 0.1) is 23.4 Å². The van der Waals surface area contributed by atoms with Crippen molar-refractivity contribution in [1.82, 2.24) is 5.32 Å². The second kappa shape index (κ2) is 9.47. The van der Waals surface area contributed by atoms with Crippen LogP contribution in [0.3, 0.4) is 0 Å². The van der Waals surface area contributed by atoms with Crippen LogP contribution in [0.25, 0.3) is 0 Å². The lowest BCUT2D eigenvalue weighted by Gasteiger charge is -2.30. The minimum atomic E-state index is -3.74. The Labute approximate surface area is 182 Å². The van der Waals surface area contributed by atoms with Gasteiger partial charge in [-0.3, -0.25) is 4.72 Å². The molecule has 0 saturated carbocycles. The fraction of sp³-hybridized carbons (Fsp3) is 0.294. The lowest BCUT2D eigenvalue weighted by atomic mass is 10.2. The van der Waals surface area contributed by atoms with E-state index in [-0.39, 0.29) is 17.3 Å². The molecule has 1 saturated heterocycles. The van der Waals surface area contributed by atoms with Crippen LogP contribution in [-0.4, -0.2) is 41.7 Å². The van der Waals surface area contributed by atoms with E-state index in [0.717, 1.165) is 36.3 Å². The number of rotatable bonds is 5. The molecule has 2 N–H and O–H groups in total. The number of benzene rings is 2. The Morgan fingerprint density at radius 1 is 1.11 bits per heavy atom. The smallest absolute Gasteiger partial charge is 0.262 e. The summed E-state index contributed by atoms with van der Waals surface area (Å²) in [6.07, 6.45) is 0. The van der Waals surface area contributed by atoms with Crippen LogP contribution in [-0.2, 0) is 10.0 Å². The number of anilines is 2. The fourth-order valence-electron chi connectivity index (χ4n) is 2.77. The van der Waals surface area contributed by atoms with Crippen molar-refractivity contribution >= 4 is 65.7 Å². The number of nitrogens with one attached hydrogen (secondary N) is 2. The normalized spacial score (nSPS) is 14.4. The highest BCUT2D eigenvalue weighted by Gasteiger charge is 2.21. The monoisotopic (exact) mass is 539 g/mol. The Hall–Kier alpha value is -1.000. The summed E-state index contributed by atoms with van der Waals surface area (Å²) in [5.74, 6) is 0.662. The maximum Gasteiger partial charge on any atom is 0.262 e. The molecule has 0 unspecified atom stereocenters. The molecule has 1 heterocycles. The van der Waals surface area contributed by atoms with E-state index in [2.05, 4.69) is 46.8 Å². The topological polar surface area (TPSA) is 70.7 Å². The lowest BCUT2D eigenvalue weighted by Crippen LogP contribution is -2.43. The highest BCUT2D eigenvalue weighted by atomic mass is 79.9. The van der Waals surface area contributed by atoms with Gasteiger partial charge in [0.15, 0.2) is 0 Å². The standard InChI is InChI=1S/C17H19Br2N3O3S.ClH/c1-25-17-5-3-13(11-16(17)22-8-6-20-7-9-22)26(23,24)21-15-10-12(18)2-4-14(15)19;/h2-5,10-11,20-21H,6-9H2,1H3;1H. The van der Waals surface area contributed by atoms with Crippen LogP contribution in [0.15, 0.2) is 50.2 Å². The van der Waals surface area contributed by atoms with Crippen LogP contribution in [0.2, 0.25) is 0 Å². The minimum absolute atomic E-state index is 0. The molecule has 2 aromatic rings. The first kappa shape index (κ1) is 22.3. The predicted octanol–water partition coefficient (Wildman–Crippen LogP) is 3.85. The highest BCUT2D eigenvalue weighted by Crippen LogP contribution is 2.33. The van der Waals surface area contributed by atoms with Crippen LogP contribution in [0.1, 0.15) is 0 Å². The average Bonchev–Trinajstić information content (AvgIpc) is 2.64. The molecule has 0 aromatic heterocycles. The molecule has 27 heavy (non-hydrogen) atoms. The largest absolute Gasteiger partial charge is 0.495 e. The molecule has 1 aliphatic rings. The molecule has 0 radical (unpaired) electrons. The van der Waals surface area contributed by atoms with Gasteiger partial charge in [-0.1, -0.05) is 15.9 Å². The quantitative estimate of drug-likeness (QED) is 0.602. The van der Waals surface area contributed by atoms with Gasteiger partial charge in [-0.25, -0.2) is 8.42 Å². The van der Waals surface area contributed by atoms with E-state index in [9.17, 15) is 8.42 Å². The molecule has 1 fully saturated rings. The molecule has 0 spiro atoms. The van der Waals surface area contributed by atoms with Crippen LogP contribution >= 0.6 is 44.3 Å². The summed E-state index contributed by atoms with van der Waals surface area (Å²) in [4.78, 5) is 2.32. The summed E-state index contributed by atoms with van der Waals surface area (Å²) in [6, 6.07) is 10.2. The highest BCUT2D eigenvalue weighted by molar-refractivity contribution is 9.11. The molecule has 3 rings (SSSR count). The zero-order valence-corrected chi connectivity index (χ0v) is 19.3. The second-order valence-electron chi connectivity index (χ2n) is 5.80. The van der Waals surface area contributed by atoms with Gasteiger partial charge in [0, 0.05) is 35.1 Å². The summed E-state index contributed by atoms with van der Waals surface area (Å²) < 4.78 is 35.3.